The molecule has 108 valence electrons. The third-order valence-corrected chi connectivity index (χ3v) is 2.86. The van der Waals surface area contributed by atoms with E-state index in [1.807, 2.05) is 0 Å². The van der Waals surface area contributed by atoms with Gasteiger partial charge in [0.2, 0.25) is 0 Å². The van der Waals surface area contributed by atoms with E-state index in [0.717, 1.165) is 5.69 Å². The highest BCUT2D eigenvalue weighted by Crippen LogP contribution is 2.24. The molecule has 0 saturated carbocycles. The molecule has 0 bridgehead atoms. The predicted molar refractivity (Wildman–Crippen MR) is 78.5 cm³/mol. The first-order valence-corrected chi connectivity index (χ1v) is 6.83. The van der Waals surface area contributed by atoms with E-state index in [2.05, 4.69) is 5.32 Å². The van der Waals surface area contributed by atoms with Gasteiger partial charge in [-0.15, -0.1) is 0 Å². The normalized spacial score (nSPS) is 10.7. The van der Waals surface area contributed by atoms with E-state index >= 15 is 0 Å². The Balaban J connectivity index is 2.03. The molecule has 1 rings (SSSR count). The van der Waals surface area contributed by atoms with Crippen LogP contribution in [0.1, 0.15) is 0 Å². The fourth-order valence-electron chi connectivity index (χ4n) is 1.36. The van der Waals surface area contributed by atoms with Crippen LogP contribution in [0, 0.1) is 0 Å². The van der Waals surface area contributed by atoms with E-state index in [1.165, 1.54) is 0 Å². The highest BCUT2D eigenvalue weighted by atomic mass is 35.5. The minimum absolute atomic E-state index is 0.564. The van der Waals surface area contributed by atoms with E-state index < -0.39 is 0 Å². The summed E-state index contributed by atoms with van der Waals surface area (Å²) in [5.74, 6) is 0. The topological polar surface area (TPSA) is 39.7 Å². The first-order chi connectivity index (χ1) is 9.24. The smallest absolute Gasteiger partial charge is 0.0701 e. The molecular formula is C13H19Cl2NO3. The number of benzene rings is 1. The van der Waals surface area contributed by atoms with Crippen LogP contribution in [0.4, 0.5) is 5.69 Å². The Kier molecular flexibility index (Phi) is 8.95. The van der Waals surface area contributed by atoms with Crippen LogP contribution >= 0.6 is 23.2 Å². The van der Waals surface area contributed by atoms with E-state index in [-0.39, 0.29) is 0 Å². The fourth-order valence-corrected chi connectivity index (χ4v) is 1.71. The maximum absolute atomic E-state index is 6.01. The Bertz CT molecular complexity index is 364. The number of ether oxygens (including phenoxy) is 3. The van der Waals surface area contributed by atoms with Gasteiger partial charge in [0.1, 0.15) is 0 Å². The molecule has 0 fully saturated rings. The number of halogens is 2. The van der Waals surface area contributed by atoms with Gasteiger partial charge >= 0.3 is 0 Å². The van der Waals surface area contributed by atoms with Crippen LogP contribution in [0.5, 0.6) is 0 Å². The Morgan fingerprint density at radius 3 is 2.42 bits per heavy atom. The van der Waals surface area contributed by atoms with Crippen molar-refractivity contribution in [1.29, 1.82) is 0 Å². The number of rotatable bonds is 10. The van der Waals surface area contributed by atoms with Gasteiger partial charge in [0.25, 0.3) is 0 Å². The number of hydrogen-bond acceptors (Lipinski definition) is 4. The van der Waals surface area contributed by atoms with Crippen molar-refractivity contribution in [2.45, 2.75) is 0 Å². The zero-order valence-electron chi connectivity index (χ0n) is 11.0. The zero-order chi connectivity index (χ0) is 13.9. The largest absolute Gasteiger partial charge is 0.382 e. The highest BCUT2D eigenvalue weighted by Gasteiger charge is 2.00. The van der Waals surface area contributed by atoms with E-state index in [0.29, 0.717) is 49.6 Å². The second-order valence-electron chi connectivity index (χ2n) is 3.77. The molecule has 0 amide bonds. The molecule has 6 heteroatoms. The summed E-state index contributed by atoms with van der Waals surface area (Å²) in [4.78, 5) is 0. The predicted octanol–water partition coefficient (Wildman–Crippen LogP) is 3.08. The molecule has 19 heavy (non-hydrogen) atoms. The summed E-state index contributed by atoms with van der Waals surface area (Å²) in [6.45, 7) is 3.58. The summed E-state index contributed by atoms with van der Waals surface area (Å²) < 4.78 is 15.5. The molecule has 0 heterocycles. The lowest BCUT2D eigenvalue weighted by Gasteiger charge is -2.09. The highest BCUT2D eigenvalue weighted by molar-refractivity contribution is 6.35. The summed E-state index contributed by atoms with van der Waals surface area (Å²) in [5, 5.41) is 4.46. The van der Waals surface area contributed by atoms with Gasteiger partial charge in [-0.1, -0.05) is 23.2 Å². The summed E-state index contributed by atoms with van der Waals surface area (Å²) in [6.07, 6.45) is 0. The van der Waals surface area contributed by atoms with E-state index in [9.17, 15) is 0 Å². The first-order valence-electron chi connectivity index (χ1n) is 6.07. The molecule has 0 spiro atoms. The summed E-state index contributed by atoms with van der Waals surface area (Å²) in [7, 11) is 1.65. The Morgan fingerprint density at radius 2 is 1.68 bits per heavy atom. The third-order valence-electron chi connectivity index (χ3n) is 2.29. The van der Waals surface area contributed by atoms with Crippen LogP contribution < -0.4 is 5.32 Å². The molecule has 0 atom stereocenters. The maximum Gasteiger partial charge on any atom is 0.0701 e. The van der Waals surface area contributed by atoms with Crippen molar-refractivity contribution >= 4 is 28.9 Å². The maximum atomic E-state index is 6.01. The number of methoxy groups -OCH3 is 1. The quantitative estimate of drug-likeness (QED) is 0.674. The van der Waals surface area contributed by atoms with Crippen LogP contribution in [0.3, 0.4) is 0 Å². The van der Waals surface area contributed by atoms with Gasteiger partial charge in [-0.3, -0.25) is 0 Å². The van der Waals surface area contributed by atoms with Crippen molar-refractivity contribution in [2.24, 2.45) is 0 Å². The lowest BCUT2D eigenvalue weighted by Crippen LogP contribution is -2.13. The van der Waals surface area contributed by atoms with Gasteiger partial charge in [-0.05, 0) is 18.2 Å². The monoisotopic (exact) mass is 307 g/mol. The van der Waals surface area contributed by atoms with Gasteiger partial charge in [-0.2, -0.15) is 0 Å². The average molecular weight is 308 g/mol. The van der Waals surface area contributed by atoms with Gasteiger partial charge in [0.05, 0.1) is 43.7 Å². The average Bonchev–Trinajstić information content (AvgIpc) is 2.40. The zero-order valence-corrected chi connectivity index (χ0v) is 12.5. The second-order valence-corrected chi connectivity index (χ2v) is 4.61. The van der Waals surface area contributed by atoms with Crippen LogP contribution in [0.15, 0.2) is 18.2 Å². The van der Waals surface area contributed by atoms with Crippen molar-refractivity contribution < 1.29 is 14.2 Å². The molecule has 0 unspecified atom stereocenters. The first kappa shape index (κ1) is 16.5. The van der Waals surface area contributed by atoms with Crippen molar-refractivity contribution in [3.63, 3.8) is 0 Å². The van der Waals surface area contributed by atoms with Gasteiger partial charge in [0.15, 0.2) is 0 Å². The molecule has 1 aromatic carbocycles. The molecule has 1 N–H and O–H groups in total. The van der Waals surface area contributed by atoms with Crippen molar-refractivity contribution in [3.8, 4) is 0 Å². The van der Waals surface area contributed by atoms with Crippen LogP contribution in [-0.4, -0.2) is 46.7 Å². The Hall–Kier alpha value is -0.520. The van der Waals surface area contributed by atoms with E-state index in [4.69, 9.17) is 37.4 Å². The van der Waals surface area contributed by atoms with Gasteiger partial charge in [-0.25, -0.2) is 0 Å². The second kappa shape index (κ2) is 10.3. The van der Waals surface area contributed by atoms with Gasteiger partial charge < -0.3 is 19.5 Å². The number of nitrogens with one attached hydrogen (secondary N) is 1. The van der Waals surface area contributed by atoms with Crippen LogP contribution in [0.2, 0.25) is 10.0 Å². The molecule has 0 aliphatic heterocycles. The molecule has 1 aromatic rings. The lowest BCUT2D eigenvalue weighted by atomic mass is 10.3. The minimum atomic E-state index is 0.564. The third kappa shape index (κ3) is 7.60. The number of anilines is 1. The van der Waals surface area contributed by atoms with Crippen molar-refractivity contribution in [1.82, 2.24) is 0 Å². The van der Waals surface area contributed by atoms with Crippen molar-refractivity contribution in [3.05, 3.63) is 28.2 Å². The van der Waals surface area contributed by atoms with Gasteiger partial charge in [0, 0.05) is 18.7 Å². The molecule has 0 aromatic heterocycles. The summed E-state index contributed by atoms with van der Waals surface area (Å²) in [5.41, 5.74) is 0.814. The van der Waals surface area contributed by atoms with Crippen LogP contribution in [0.25, 0.3) is 0 Å². The summed E-state index contributed by atoms with van der Waals surface area (Å²) in [6, 6.07) is 5.30. The molecule has 0 aliphatic rings. The molecular weight excluding hydrogens is 289 g/mol. The molecule has 0 aliphatic carbocycles. The molecule has 4 nitrogen and oxygen atoms in total. The SMILES string of the molecule is COCCOCCOCCNc1cc(Cl)ccc1Cl. The minimum Gasteiger partial charge on any atom is -0.382 e. The molecule has 0 radical (unpaired) electrons. The van der Waals surface area contributed by atoms with Crippen molar-refractivity contribution in [2.75, 3.05) is 52.0 Å². The van der Waals surface area contributed by atoms with Crippen LogP contribution in [-0.2, 0) is 14.2 Å². The molecule has 0 saturated heterocycles. The Labute approximate surface area is 123 Å². The standard InChI is InChI=1S/C13H19Cl2NO3/c1-17-6-7-19-9-8-18-5-4-16-13-10-11(14)2-3-12(13)15/h2-3,10,16H,4-9H2,1H3. The summed E-state index contributed by atoms with van der Waals surface area (Å²) >= 11 is 11.9. The lowest BCUT2D eigenvalue weighted by molar-refractivity contribution is 0.0272. The fraction of sp³-hybridized carbons (Fsp3) is 0.538. The Morgan fingerprint density at radius 1 is 1.00 bits per heavy atom. The van der Waals surface area contributed by atoms with E-state index in [1.54, 1.807) is 25.3 Å². The number of hydrogen-bond donors (Lipinski definition) is 1.